The lowest BCUT2D eigenvalue weighted by molar-refractivity contribution is -0.142. The summed E-state index contributed by atoms with van der Waals surface area (Å²) < 4.78 is 5.64. The summed E-state index contributed by atoms with van der Waals surface area (Å²) in [6.45, 7) is 4.11. The van der Waals surface area contributed by atoms with Crippen LogP contribution in [0.2, 0.25) is 0 Å². The maximum atomic E-state index is 11.1. The molecule has 0 N–H and O–H groups in total. The summed E-state index contributed by atoms with van der Waals surface area (Å²) in [6.07, 6.45) is 0.322. The first kappa shape index (κ1) is 10.7. The number of hydrogen-bond acceptors (Lipinski definition) is 4. The summed E-state index contributed by atoms with van der Waals surface area (Å²) in [5.74, 6) is -0.193. The van der Waals surface area contributed by atoms with Gasteiger partial charge in [0.25, 0.3) is 0 Å². The van der Waals surface area contributed by atoms with Crippen molar-refractivity contribution in [3.05, 3.63) is 14.5 Å². The molecule has 0 unspecified atom stereocenters. The Labute approximate surface area is 89.3 Å². The molecule has 0 amide bonds. The van der Waals surface area contributed by atoms with Crippen molar-refractivity contribution in [2.45, 2.75) is 20.3 Å². The van der Waals surface area contributed by atoms with Gasteiger partial charge in [0.05, 0.1) is 18.7 Å². The molecule has 1 rings (SSSR count). The summed E-state index contributed by atoms with van der Waals surface area (Å²) in [7, 11) is 0. The van der Waals surface area contributed by atoms with Crippen molar-refractivity contribution in [1.82, 2.24) is 4.98 Å². The van der Waals surface area contributed by atoms with Gasteiger partial charge in [0.15, 0.2) is 3.92 Å². The van der Waals surface area contributed by atoms with Gasteiger partial charge < -0.3 is 4.74 Å². The number of hydrogen-bond donors (Lipinski definition) is 0. The highest BCUT2D eigenvalue weighted by atomic mass is 79.9. The lowest BCUT2D eigenvalue weighted by atomic mass is 10.3. The molecule has 3 nitrogen and oxygen atoms in total. The standard InChI is InChI=1S/C8H10BrNO2S/c1-3-12-7(11)4-6-5(2)10-8(9)13-6/h3-4H2,1-2H3. The van der Waals surface area contributed by atoms with Crippen LogP contribution >= 0.6 is 27.3 Å². The summed E-state index contributed by atoms with van der Waals surface area (Å²) in [5, 5.41) is 0. The van der Waals surface area contributed by atoms with E-state index in [1.807, 2.05) is 6.92 Å². The largest absolute Gasteiger partial charge is 0.466 e. The smallest absolute Gasteiger partial charge is 0.311 e. The molecule has 0 saturated carbocycles. The molecule has 0 spiro atoms. The van der Waals surface area contributed by atoms with E-state index in [1.165, 1.54) is 11.3 Å². The third-order valence-corrected chi connectivity index (χ3v) is 3.09. The number of rotatable bonds is 3. The van der Waals surface area contributed by atoms with Crippen LogP contribution in [0.4, 0.5) is 0 Å². The molecule has 0 aliphatic heterocycles. The quantitative estimate of drug-likeness (QED) is 0.786. The number of esters is 1. The molecule has 0 atom stereocenters. The highest BCUT2D eigenvalue weighted by molar-refractivity contribution is 9.11. The van der Waals surface area contributed by atoms with Crippen molar-refractivity contribution in [3.8, 4) is 0 Å². The number of aromatic nitrogens is 1. The van der Waals surface area contributed by atoms with E-state index in [-0.39, 0.29) is 5.97 Å². The van der Waals surface area contributed by atoms with Gasteiger partial charge in [0.2, 0.25) is 0 Å². The highest BCUT2D eigenvalue weighted by Crippen LogP contribution is 2.23. The van der Waals surface area contributed by atoms with Crippen LogP contribution in [0, 0.1) is 6.92 Å². The Kier molecular flexibility index (Phi) is 3.87. The summed E-state index contributed by atoms with van der Waals surface area (Å²) >= 11 is 4.74. The number of carbonyl (C=O) groups is 1. The molecular weight excluding hydrogens is 254 g/mol. The molecule has 0 aliphatic rings. The van der Waals surface area contributed by atoms with E-state index in [4.69, 9.17) is 4.74 Å². The van der Waals surface area contributed by atoms with Crippen molar-refractivity contribution in [1.29, 1.82) is 0 Å². The van der Waals surface area contributed by atoms with Gasteiger partial charge in [-0.1, -0.05) is 0 Å². The SMILES string of the molecule is CCOC(=O)Cc1sc(Br)nc1C. The second-order valence-electron chi connectivity index (χ2n) is 2.46. The molecule has 0 saturated heterocycles. The molecule has 0 bridgehead atoms. The van der Waals surface area contributed by atoms with E-state index < -0.39 is 0 Å². The van der Waals surface area contributed by atoms with E-state index in [2.05, 4.69) is 20.9 Å². The lowest BCUT2D eigenvalue weighted by Crippen LogP contribution is -2.07. The first-order valence-corrected chi connectivity index (χ1v) is 5.52. The Hall–Kier alpha value is -0.420. The van der Waals surface area contributed by atoms with Crippen LogP contribution in [0.25, 0.3) is 0 Å². The minimum atomic E-state index is -0.193. The number of nitrogens with zero attached hydrogens (tertiary/aromatic N) is 1. The summed E-state index contributed by atoms with van der Waals surface area (Å²) in [4.78, 5) is 16.2. The zero-order chi connectivity index (χ0) is 9.84. The molecule has 1 aromatic heterocycles. The van der Waals surface area contributed by atoms with Crippen LogP contribution in [0.3, 0.4) is 0 Å². The van der Waals surface area contributed by atoms with Crippen LogP contribution in [0.1, 0.15) is 17.5 Å². The number of halogens is 1. The van der Waals surface area contributed by atoms with Crippen LogP contribution in [0.5, 0.6) is 0 Å². The second-order valence-corrected chi connectivity index (χ2v) is 4.82. The molecular formula is C8H10BrNO2S. The molecule has 0 fully saturated rings. The maximum absolute atomic E-state index is 11.1. The van der Waals surface area contributed by atoms with Crippen molar-refractivity contribution >= 4 is 33.2 Å². The fourth-order valence-electron chi connectivity index (χ4n) is 0.900. The number of thiazole rings is 1. The van der Waals surface area contributed by atoms with Crippen LogP contribution < -0.4 is 0 Å². The van der Waals surface area contributed by atoms with Crippen LogP contribution in [-0.2, 0) is 16.0 Å². The number of ether oxygens (including phenoxy) is 1. The Morgan fingerprint density at radius 2 is 2.38 bits per heavy atom. The van der Waals surface area contributed by atoms with Crippen molar-refractivity contribution < 1.29 is 9.53 Å². The van der Waals surface area contributed by atoms with E-state index in [9.17, 15) is 4.79 Å². The maximum Gasteiger partial charge on any atom is 0.311 e. The topological polar surface area (TPSA) is 39.2 Å². The zero-order valence-corrected chi connectivity index (χ0v) is 9.87. The van der Waals surface area contributed by atoms with Crippen LogP contribution in [-0.4, -0.2) is 17.6 Å². The van der Waals surface area contributed by atoms with E-state index in [0.717, 1.165) is 14.5 Å². The first-order chi connectivity index (χ1) is 6.13. The van der Waals surface area contributed by atoms with E-state index in [0.29, 0.717) is 13.0 Å². The van der Waals surface area contributed by atoms with Gasteiger partial charge in [0.1, 0.15) is 0 Å². The third kappa shape index (κ3) is 3.08. The predicted octanol–water partition coefficient (Wildman–Crippen LogP) is 2.32. The van der Waals surface area contributed by atoms with Gasteiger partial charge in [-0.25, -0.2) is 4.98 Å². The monoisotopic (exact) mass is 263 g/mol. The predicted molar refractivity (Wildman–Crippen MR) is 54.9 cm³/mol. The first-order valence-electron chi connectivity index (χ1n) is 3.91. The Morgan fingerprint density at radius 1 is 1.69 bits per heavy atom. The summed E-state index contributed by atoms with van der Waals surface area (Å²) in [5.41, 5.74) is 0.893. The Balaban J connectivity index is 2.63. The Bertz CT molecular complexity index is 311. The van der Waals surface area contributed by atoms with Crippen molar-refractivity contribution in [3.63, 3.8) is 0 Å². The molecule has 0 aliphatic carbocycles. The van der Waals surface area contributed by atoms with Gasteiger partial charge in [-0.2, -0.15) is 0 Å². The fourth-order valence-corrected chi connectivity index (χ4v) is 2.52. The average molecular weight is 264 g/mol. The summed E-state index contributed by atoms with van der Waals surface area (Å²) in [6, 6.07) is 0. The average Bonchev–Trinajstić information content (AvgIpc) is 2.30. The molecule has 1 aromatic rings. The van der Waals surface area contributed by atoms with Gasteiger partial charge in [-0.05, 0) is 29.8 Å². The van der Waals surface area contributed by atoms with Crippen LogP contribution in [0.15, 0.2) is 3.92 Å². The molecule has 0 aromatic carbocycles. The minimum Gasteiger partial charge on any atom is -0.466 e. The van der Waals surface area contributed by atoms with Crippen molar-refractivity contribution in [2.75, 3.05) is 6.61 Å². The zero-order valence-electron chi connectivity index (χ0n) is 7.46. The molecule has 13 heavy (non-hydrogen) atoms. The normalized spacial score (nSPS) is 10.1. The molecule has 5 heteroatoms. The third-order valence-electron chi connectivity index (χ3n) is 1.48. The Morgan fingerprint density at radius 3 is 2.85 bits per heavy atom. The van der Waals surface area contributed by atoms with Crippen molar-refractivity contribution in [2.24, 2.45) is 0 Å². The highest BCUT2D eigenvalue weighted by Gasteiger charge is 2.10. The molecule has 0 radical (unpaired) electrons. The van der Waals surface area contributed by atoms with Gasteiger partial charge in [0, 0.05) is 4.88 Å². The molecule has 1 heterocycles. The number of carbonyl (C=O) groups excluding carboxylic acids is 1. The van der Waals surface area contributed by atoms with E-state index >= 15 is 0 Å². The molecule has 72 valence electrons. The fraction of sp³-hybridized carbons (Fsp3) is 0.500. The second kappa shape index (κ2) is 4.72. The van der Waals surface area contributed by atoms with Gasteiger partial charge in [-0.15, -0.1) is 11.3 Å². The lowest BCUT2D eigenvalue weighted by Gasteiger charge is -1.99. The van der Waals surface area contributed by atoms with Gasteiger partial charge in [-0.3, -0.25) is 4.79 Å². The van der Waals surface area contributed by atoms with Gasteiger partial charge >= 0.3 is 5.97 Å². The number of aryl methyl sites for hydroxylation is 1. The minimum absolute atomic E-state index is 0.193. The van der Waals surface area contributed by atoms with E-state index in [1.54, 1.807) is 6.92 Å².